The zero-order valence-corrected chi connectivity index (χ0v) is 26.4. The van der Waals surface area contributed by atoms with Crippen molar-refractivity contribution in [1.29, 1.82) is 0 Å². The predicted octanol–water partition coefficient (Wildman–Crippen LogP) is 4.67. The second-order valence-electron chi connectivity index (χ2n) is 9.60. The summed E-state index contributed by atoms with van der Waals surface area (Å²) in [4.78, 5) is 49.9. The minimum absolute atomic E-state index is 0.0253. The van der Waals surface area contributed by atoms with Crippen molar-refractivity contribution in [2.45, 2.75) is 52.6 Å². The van der Waals surface area contributed by atoms with Crippen LogP contribution < -0.4 is 4.74 Å². The normalized spacial score (nSPS) is 21.2. The number of carbonyl (C=O) groups excluding carboxylic acids is 1. The maximum absolute atomic E-state index is 12.1. The van der Waals surface area contributed by atoms with Crippen molar-refractivity contribution in [2.75, 3.05) is 6.61 Å². The Balaban J connectivity index is 1.60. The molecular weight excluding hydrogens is 669 g/mol. The third-order valence-corrected chi connectivity index (χ3v) is 9.75. The van der Waals surface area contributed by atoms with Gasteiger partial charge in [-0.25, -0.2) is 24.4 Å². The SMILES string of the molecule is CC(=O)O[C@H]1C[C@H](n2cnc3c(Oc4c(C)cc(C)cc4C)ncc([N+](=O)[O-])c32)O[C@@H]1CO[P+](=O)OP(=O)(O)OP(=O)(O)OO. The van der Waals surface area contributed by atoms with E-state index < -0.39 is 65.5 Å². The molecule has 244 valence electrons. The van der Waals surface area contributed by atoms with Crippen molar-refractivity contribution in [1.82, 2.24) is 14.5 Å². The number of benzene rings is 1. The van der Waals surface area contributed by atoms with Gasteiger partial charge < -0.3 is 19.1 Å². The number of esters is 1. The first-order valence-corrected chi connectivity index (χ1v) is 16.7. The molecule has 1 aliphatic rings. The van der Waals surface area contributed by atoms with Crippen molar-refractivity contribution in [3.63, 3.8) is 0 Å². The smallest absolute Gasteiger partial charge is 0.460 e. The lowest BCUT2D eigenvalue weighted by Crippen LogP contribution is -2.29. The van der Waals surface area contributed by atoms with Gasteiger partial charge in [0.25, 0.3) is 0 Å². The highest BCUT2D eigenvalue weighted by Crippen LogP contribution is 2.63. The lowest BCUT2D eigenvalue weighted by Gasteiger charge is -2.15. The lowest BCUT2D eigenvalue weighted by atomic mass is 10.1. The molecule has 1 saturated heterocycles. The van der Waals surface area contributed by atoms with Crippen molar-refractivity contribution in [3.8, 4) is 11.6 Å². The Bertz CT molecular complexity index is 1730. The van der Waals surface area contributed by atoms with Gasteiger partial charge in [0.1, 0.15) is 37.0 Å². The largest absolute Gasteiger partial charge is 0.708 e. The van der Waals surface area contributed by atoms with Gasteiger partial charge >= 0.3 is 35.6 Å². The average molecular weight is 695 g/mol. The molecule has 1 aliphatic heterocycles. The van der Waals surface area contributed by atoms with Crippen LogP contribution >= 0.6 is 23.9 Å². The van der Waals surface area contributed by atoms with E-state index in [1.54, 1.807) is 0 Å². The van der Waals surface area contributed by atoms with Gasteiger partial charge in [-0.1, -0.05) is 17.7 Å². The number of ether oxygens (including phenoxy) is 3. The summed E-state index contributed by atoms with van der Waals surface area (Å²) in [6.45, 7) is 5.99. The van der Waals surface area contributed by atoms with Crippen LogP contribution in [0.4, 0.5) is 5.69 Å². The minimum atomic E-state index is -5.55. The van der Waals surface area contributed by atoms with Crippen LogP contribution in [0.5, 0.6) is 11.6 Å². The minimum Gasteiger partial charge on any atom is -0.460 e. The number of phosphoric acid groups is 2. The fraction of sp³-hybridized carbons (Fsp3) is 0.409. The van der Waals surface area contributed by atoms with Crippen LogP contribution in [-0.4, -0.2) is 59.3 Å². The molecule has 20 nitrogen and oxygen atoms in total. The summed E-state index contributed by atoms with van der Waals surface area (Å²) in [6.07, 6.45) is -1.24. The maximum atomic E-state index is 12.1. The van der Waals surface area contributed by atoms with Crippen LogP contribution in [0.3, 0.4) is 0 Å². The van der Waals surface area contributed by atoms with Gasteiger partial charge in [0, 0.05) is 17.9 Å². The number of nitrogens with zero attached hydrogens (tertiary/aromatic N) is 4. The Hall–Kier alpha value is -3.25. The highest BCUT2D eigenvalue weighted by molar-refractivity contribution is 7.64. The number of nitro groups is 1. The molecular formula is C22H26N4O16P3+. The molecule has 3 N–H and O–H groups in total. The molecule has 0 aliphatic carbocycles. The standard InChI is InChI=1S/C22H25N4O16P3/c1-11-5-12(2)21(13(3)6-11)39-22-19-20(15(8-23-22)26(28)29)25(10-24-19)18-7-16(37-14(4)27)17(38-18)9-36-43(31)41-45(34,35)42-44(32,33)40-30/h5-6,8,10,16-18H,7,9H2,1-4H3,(H2-,30,32,33,34,35)/p+1/t16-,17+,18+/m0/s1. The number of carbonyl (C=O) groups is 1. The number of hydrogen-bond donors (Lipinski definition) is 3. The number of rotatable bonds is 13. The number of imidazole rings is 1. The predicted molar refractivity (Wildman–Crippen MR) is 148 cm³/mol. The summed E-state index contributed by atoms with van der Waals surface area (Å²) < 4.78 is 69.2. The Morgan fingerprint density at radius 3 is 2.47 bits per heavy atom. The van der Waals surface area contributed by atoms with E-state index in [0.717, 1.165) is 29.8 Å². The van der Waals surface area contributed by atoms with Crippen LogP contribution in [0.1, 0.15) is 36.3 Å². The zero-order chi connectivity index (χ0) is 33.3. The van der Waals surface area contributed by atoms with Crippen LogP contribution in [0.25, 0.3) is 11.0 Å². The molecule has 23 heteroatoms. The molecule has 45 heavy (non-hydrogen) atoms. The number of pyridine rings is 1. The van der Waals surface area contributed by atoms with E-state index in [9.17, 15) is 33.5 Å². The van der Waals surface area contributed by atoms with Gasteiger partial charge in [0.15, 0.2) is 11.0 Å². The molecule has 3 heterocycles. The first-order valence-electron chi connectivity index (χ1n) is 12.6. The molecule has 0 saturated carbocycles. The number of aromatic nitrogens is 3. The molecule has 6 atom stereocenters. The summed E-state index contributed by atoms with van der Waals surface area (Å²) in [5, 5.41) is 20.2. The van der Waals surface area contributed by atoms with Crippen LogP contribution in [0.15, 0.2) is 24.7 Å². The van der Waals surface area contributed by atoms with E-state index in [1.807, 2.05) is 32.9 Å². The van der Waals surface area contributed by atoms with Gasteiger partial charge in [-0.05, 0) is 36.2 Å². The first-order chi connectivity index (χ1) is 21.0. The summed E-state index contributed by atoms with van der Waals surface area (Å²) in [5.74, 6) is -0.277. The highest BCUT2D eigenvalue weighted by Gasteiger charge is 2.47. The van der Waals surface area contributed by atoms with Crippen LogP contribution in [0, 0.1) is 30.9 Å². The van der Waals surface area contributed by atoms with E-state index in [1.165, 1.54) is 10.9 Å². The topological polar surface area (TPSA) is 267 Å². The molecule has 3 aromatic rings. The summed E-state index contributed by atoms with van der Waals surface area (Å²) in [5.41, 5.74) is 2.15. The van der Waals surface area contributed by atoms with Crippen LogP contribution in [-0.2, 0) is 45.8 Å². The monoisotopic (exact) mass is 695 g/mol. The summed E-state index contributed by atoms with van der Waals surface area (Å²) >= 11 is 0. The molecule has 0 bridgehead atoms. The number of aryl methyl sites for hydroxylation is 3. The summed E-state index contributed by atoms with van der Waals surface area (Å²) in [6, 6.07) is 3.79. The molecule has 0 radical (unpaired) electrons. The third-order valence-electron chi connectivity index (χ3n) is 6.17. The van der Waals surface area contributed by atoms with Gasteiger partial charge in [0.2, 0.25) is 5.88 Å². The van der Waals surface area contributed by atoms with Gasteiger partial charge in [-0.15, -0.1) is 9.20 Å². The maximum Gasteiger partial charge on any atom is 0.708 e. The summed E-state index contributed by atoms with van der Waals surface area (Å²) in [7, 11) is -14.5. The van der Waals surface area contributed by atoms with Gasteiger partial charge in [-0.2, -0.15) is 4.31 Å². The number of fused-ring (bicyclic) bond motifs is 1. The lowest BCUT2D eigenvalue weighted by molar-refractivity contribution is -0.383. The Labute approximate surface area is 254 Å². The fourth-order valence-corrected chi connectivity index (χ4v) is 7.31. The zero-order valence-electron chi connectivity index (χ0n) is 23.7. The molecule has 1 fully saturated rings. The highest BCUT2D eigenvalue weighted by atomic mass is 31.3. The van der Waals surface area contributed by atoms with E-state index in [0.29, 0.717) is 5.75 Å². The molecule has 1 aromatic carbocycles. The second kappa shape index (κ2) is 13.6. The first kappa shape index (κ1) is 34.6. The van der Waals surface area contributed by atoms with E-state index >= 15 is 0 Å². The Morgan fingerprint density at radius 1 is 1.20 bits per heavy atom. The van der Waals surface area contributed by atoms with Crippen molar-refractivity contribution < 1.29 is 70.5 Å². The van der Waals surface area contributed by atoms with Crippen molar-refractivity contribution >= 4 is 46.6 Å². The van der Waals surface area contributed by atoms with E-state index in [4.69, 9.17) is 28.9 Å². The van der Waals surface area contributed by atoms with Crippen molar-refractivity contribution in [2.24, 2.45) is 0 Å². The van der Waals surface area contributed by atoms with Crippen molar-refractivity contribution in [3.05, 3.63) is 51.5 Å². The molecule has 0 spiro atoms. The van der Waals surface area contributed by atoms with Gasteiger partial charge in [-0.3, -0.25) is 24.4 Å². The Kier molecular flexibility index (Phi) is 10.5. The quantitative estimate of drug-likeness (QED) is 0.0720. The van der Waals surface area contributed by atoms with E-state index in [-0.39, 0.29) is 23.3 Å². The second-order valence-corrected chi connectivity index (χ2v) is 13.6. The molecule has 4 rings (SSSR count). The Morgan fingerprint density at radius 2 is 1.87 bits per heavy atom. The fourth-order valence-electron chi connectivity index (χ4n) is 4.63. The molecule has 0 amide bonds. The number of hydrogen-bond acceptors (Lipinski definition) is 16. The van der Waals surface area contributed by atoms with Gasteiger partial charge in [0.05, 0.1) is 11.3 Å². The van der Waals surface area contributed by atoms with E-state index in [2.05, 4.69) is 23.3 Å². The molecule has 3 unspecified atom stereocenters. The van der Waals surface area contributed by atoms with Crippen LogP contribution in [0.2, 0.25) is 0 Å². The average Bonchev–Trinajstić information content (AvgIpc) is 3.52. The third kappa shape index (κ3) is 8.32. The molecule has 2 aromatic heterocycles.